The van der Waals surface area contributed by atoms with Gasteiger partial charge in [0.15, 0.2) is 0 Å². The second-order valence-electron chi connectivity index (χ2n) is 7.88. The van der Waals surface area contributed by atoms with Crippen LogP contribution < -0.4 is 9.62 Å². The van der Waals surface area contributed by atoms with E-state index < -0.39 is 34.3 Å². The number of carbonyl (C=O) groups excluding carboxylic acids is 2. The van der Waals surface area contributed by atoms with Crippen LogP contribution in [0.2, 0.25) is 0 Å². The van der Waals surface area contributed by atoms with Gasteiger partial charge in [-0.3, -0.25) is 9.10 Å². The quantitative estimate of drug-likeness (QED) is 0.486. The lowest BCUT2D eigenvalue weighted by Gasteiger charge is -2.24. The Kier molecular flexibility index (Phi) is 6.72. The predicted octanol–water partition coefficient (Wildman–Crippen LogP) is 4.30. The van der Waals surface area contributed by atoms with E-state index in [9.17, 15) is 22.4 Å². The molecule has 0 saturated carbocycles. The molecule has 0 saturated heterocycles. The fraction of sp³-hybridized carbons (Fsp3) is 0.250. The number of hydrogen-bond acceptors (Lipinski definition) is 6. The van der Waals surface area contributed by atoms with Crippen molar-refractivity contribution in [3.63, 3.8) is 0 Å². The molecule has 3 aromatic rings. The topological polar surface area (TPSA) is 92.8 Å². The molecule has 0 atom stereocenters. The smallest absolute Gasteiger partial charge is 0.341 e. The lowest BCUT2D eigenvalue weighted by atomic mass is 10.1. The van der Waals surface area contributed by atoms with E-state index in [0.29, 0.717) is 17.0 Å². The summed E-state index contributed by atoms with van der Waals surface area (Å²) in [6, 6.07) is 11.4. The van der Waals surface area contributed by atoms with Crippen LogP contribution in [0.25, 0.3) is 0 Å². The van der Waals surface area contributed by atoms with E-state index in [1.807, 2.05) is 6.92 Å². The van der Waals surface area contributed by atoms with Gasteiger partial charge >= 0.3 is 5.97 Å². The Morgan fingerprint density at radius 3 is 2.50 bits per heavy atom. The summed E-state index contributed by atoms with van der Waals surface area (Å²) in [7, 11) is -3.00. The maximum absolute atomic E-state index is 14.7. The van der Waals surface area contributed by atoms with Crippen molar-refractivity contribution in [3.05, 3.63) is 75.9 Å². The number of hydrogen-bond donors (Lipinski definition) is 1. The molecule has 0 radical (unpaired) electrons. The molecule has 1 aliphatic rings. The van der Waals surface area contributed by atoms with Crippen molar-refractivity contribution in [1.29, 1.82) is 0 Å². The number of rotatable bonds is 7. The number of anilines is 2. The third-order valence-electron chi connectivity index (χ3n) is 5.58. The zero-order valence-corrected chi connectivity index (χ0v) is 20.3. The summed E-state index contributed by atoms with van der Waals surface area (Å²) in [5, 5.41) is 2.97. The average Bonchev–Trinajstić information content (AvgIpc) is 3.38. The van der Waals surface area contributed by atoms with Crippen molar-refractivity contribution in [1.82, 2.24) is 0 Å². The number of ether oxygens (including phenoxy) is 1. The van der Waals surface area contributed by atoms with Crippen molar-refractivity contribution in [2.75, 3.05) is 23.3 Å². The summed E-state index contributed by atoms with van der Waals surface area (Å²) < 4.78 is 47.1. The van der Waals surface area contributed by atoms with Crippen LogP contribution in [-0.4, -0.2) is 33.9 Å². The summed E-state index contributed by atoms with van der Waals surface area (Å²) in [5.74, 6) is -2.05. The summed E-state index contributed by atoms with van der Waals surface area (Å²) in [6.45, 7) is 1.13. The fourth-order valence-electron chi connectivity index (χ4n) is 3.90. The Balaban J connectivity index is 1.68. The van der Waals surface area contributed by atoms with Gasteiger partial charge in [-0.1, -0.05) is 29.8 Å². The van der Waals surface area contributed by atoms with Gasteiger partial charge in [-0.05, 0) is 56.0 Å². The number of amides is 1. The van der Waals surface area contributed by atoms with Crippen LogP contribution in [0.4, 0.5) is 15.1 Å². The lowest BCUT2D eigenvalue weighted by molar-refractivity contribution is -0.114. The molecule has 178 valence electrons. The number of halogens is 1. The standard InChI is InChI=1S/C24H23FN2O5S2/c1-15-10-12-16(13-11-15)34(30,31)27(19-8-4-3-7-18(19)25)14-21(28)26-23-22(24(29)32-2)17-6-5-9-20(17)33-23/h3-4,7-8,10-13H,5-6,9,14H2,1-2H3,(H,26,28). The number of benzene rings is 2. The van der Waals surface area contributed by atoms with Crippen molar-refractivity contribution in [2.45, 2.75) is 31.1 Å². The molecular weight excluding hydrogens is 479 g/mol. The molecule has 10 heteroatoms. The zero-order valence-electron chi connectivity index (χ0n) is 18.6. The molecule has 1 heterocycles. The molecule has 0 aliphatic heterocycles. The number of sulfonamides is 1. The van der Waals surface area contributed by atoms with Gasteiger partial charge in [-0.2, -0.15) is 0 Å². The van der Waals surface area contributed by atoms with Crippen LogP contribution in [-0.2, 0) is 32.4 Å². The lowest BCUT2D eigenvalue weighted by Crippen LogP contribution is -2.38. The van der Waals surface area contributed by atoms with E-state index in [0.717, 1.165) is 39.2 Å². The Bertz CT molecular complexity index is 1350. The van der Waals surface area contributed by atoms with Crippen LogP contribution in [0.15, 0.2) is 53.4 Å². The number of para-hydroxylation sites is 1. The van der Waals surface area contributed by atoms with E-state index in [4.69, 9.17) is 4.74 Å². The van der Waals surface area contributed by atoms with Gasteiger partial charge in [0, 0.05) is 4.88 Å². The Hall–Kier alpha value is -3.24. The first-order chi connectivity index (χ1) is 16.2. The van der Waals surface area contributed by atoms with Crippen LogP contribution in [0.1, 0.15) is 32.8 Å². The first-order valence-electron chi connectivity index (χ1n) is 10.6. The molecule has 7 nitrogen and oxygen atoms in total. The molecule has 0 spiro atoms. The molecule has 4 rings (SSSR count). The molecule has 1 amide bonds. The normalized spacial score (nSPS) is 12.8. The van der Waals surface area contributed by atoms with Gasteiger partial charge in [0.2, 0.25) is 5.91 Å². The molecular formula is C24H23FN2O5S2. The summed E-state index contributed by atoms with van der Waals surface area (Å²) >= 11 is 1.28. The van der Waals surface area contributed by atoms with Crippen molar-refractivity contribution < 1.29 is 27.1 Å². The number of carbonyl (C=O) groups is 2. The van der Waals surface area contributed by atoms with E-state index in [-0.39, 0.29) is 10.6 Å². The fourth-order valence-corrected chi connectivity index (χ4v) is 6.62. The van der Waals surface area contributed by atoms with E-state index >= 15 is 0 Å². The Labute approximate surface area is 201 Å². The predicted molar refractivity (Wildman–Crippen MR) is 128 cm³/mol. The van der Waals surface area contributed by atoms with Crippen LogP contribution in [0.5, 0.6) is 0 Å². The Morgan fingerprint density at radius 2 is 1.82 bits per heavy atom. The molecule has 0 unspecified atom stereocenters. The number of fused-ring (bicyclic) bond motifs is 1. The van der Waals surface area contributed by atoms with Crippen molar-refractivity contribution in [3.8, 4) is 0 Å². The minimum Gasteiger partial charge on any atom is -0.465 e. The molecule has 2 aromatic carbocycles. The number of nitrogens with zero attached hydrogens (tertiary/aromatic N) is 1. The van der Waals surface area contributed by atoms with Crippen molar-refractivity contribution >= 4 is 43.9 Å². The highest BCUT2D eigenvalue weighted by atomic mass is 32.2. The van der Waals surface area contributed by atoms with Crippen LogP contribution in [0, 0.1) is 12.7 Å². The summed E-state index contributed by atoms with van der Waals surface area (Å²) in [5.41, 5.74) is 1.76. The van der Waals surface area contributed by atoms with E-state index in [1.165, 1.54) is 48.8 Å². The summed E-state index contributed by atoms with van der Waals surface area (Å²) in [4.78, 5) is 26.3. The molecule has 34 heavy (non-hydrogen) atoms. The van der Waals surface area contributed by atoms with Gasteiger partial charge < -0.3 is 10.1 Å². The minimum absolute atomic E-state index is 0.0699. The third-order valence-corrected chi connectivity index (χ3v) is 8.56. The number of aryl methyl sites for hydroxylation is 2. The van der Waals surface area contributed by atoms with E-state index in [2.05, 4.69) is 5.32 Å². The van der Waals surface area contributed by atoms with Gasteiger partial charge in [-0.25, -0.2) is 17.6 Å². The molecule has 1 N–H and O–H groups in total. The molecule has 1 aliphatic carbocycles. The number of thiophene rings is 1. The first-order valence-corrected chi connectivity index (χ1v) is 12.8. The second kappa shape index (κ2) is 9.55. The Morgan fingerprint density at radius 1 is 1.12 bits per heavy atom. The second-order valence-corrected chi connectivity index (χ2v) is 10.8. The van der Waals surface area contributed by atoms with Crippen LogP contribution in [0.3, 0.4) is 0 Å². The number of nitrogens with one attached hydrogen (secondary N) is 1. The molecule has 0 bridgehead atoms. The third kappa shape index (κ3) is 4.55. The largest absolute Gasteiger partial charge is 0.465 e. The summed E-state index contributed by atoms with van der Waals surface area (Å²) in [6.07, 6.45) is 2.41. The van der Waals surface area contributed by atoms with Crippen LogP contribution >= 0.6 is 11.3 Å². The van der Waals surface area contributed by atoms with Gasteiger partial charge in [0.25, 0.3) is 10.0 Å². The van der Waals surface area contributed by atoms with E-state index in [1.54, 1.807) is 12.1 Å². The highest BCUT2D eigenvalue weighted by Gasteiger charge is 2.31. The molecule has 1 aromatic heterocycles. The monoisotopic (exact) mass is 502 g/mol. The maximum atomic E-state index is 14.7. The average molecular weight is 503 g/mol. The van der Waals surface area contributed by atoms with Gasteiger partial charge in [0.05, 0.1) is 23.3 Å². The van der Waals surface area contributed by atoms with Crippen molar-refractivity contribution in [2.24, 2.45) is 0 Å². The highest BCUT2D eigenvalue weighted by Crippen LogP contribution is 2.39. The first kappa shape index (κ1) is 23.9. The maximum Gasteiger partial charge on any atom is 0.341 e. The number of esters is 1. The highest BCUT2D eigenvalue weighted by molar-refractivity contribution is 7.92. The van der Waals surface area contributed by atoms with Gasteiger partial charge in [-0.15, -0.1) is 11.3 Å². The van der Waals surface area contributed by atoms with Gasteiger partial charge in [0.1, 0.15) is 17.4 Å². The molecule has 0 fully saturated rings. The number of methoxy groups -OCH3 is 1. The SMILES string of the molecule is COC(=O)c1c(NC(=O)CN(c2ccccc2F)S(=O)(=O)c2ccc(C)cc2)sc2c1CCC2. The minimum atomic E-state index is -4.26. The zero-order chi connectivity index (χ0) is 24.5.